The van der Waals surface area contributed by atoms with Gasteiger partial charge in [-0.05, 0) is 32.0 Å². The SMILES string of the molecule is CCNC(=O)C(C)Nc1nc2ccc(N)cc2[nH]1. The Morgan fingerprint density at radius 1 is 1.56 bits per heavy atom. The number of nitrogens with one attached hydrogen (secondary N) is 3. The predicted octanol–water partition coefficient (Wildman–Crippen LogP) is 1.08. The highest BCUT2D eigenvalue weighted by Gasteiger charge is 2.13. The lowest BCUT2D eigenvalue weighted by Gasteiger charge is -2.11. The van der Waals surface area contributed by atoms with Gasteiger partial charge in [-0.15, -0.1) is 0 Å². The van der Waals surface area contributed by atoms with Gasteiger partial charge in [0, 0.05) is 12.2 Å². The maximum atomic E-state index is 11.6. The minimum absolute atomic E-state index is 0.0579. The average Bonchev–Trinajstić information content (AvgIpc) is 2.70. The van der Waals surface area contributed by atoms with Crippen LogP contribution >= 0.6 is 0 Å². The summed E-state index contributed by atoms with van der Waals surface area (Å²) in [5.74, 6) is 0.506. The van der Waals surface area contributed by atoms with Gasteiger partial charge in [-0.1, -0.05) is 0 Å². The quantitative estimate of drug-likeness (QED) is 0.608. The van der Waals surface area contributed by atoms with Crippen LogP contribution in [0.3, 0.4) is 0 Å². The van der Waals surface area contributed by atoms with Crippen molar-refractivity contribution in [2.75, 3.05) is 17.6 Å². The number of nitrogens with zero attached hydrogens (tertiary/aromatic N) is 1. The summed E-state index contributed by atoms with van der Waals surface area (Å²) in [6.45, 7) is 4.28. The minimum atomic E-state index is -0.345. The molecule has 18 heavy (non-hydrogen) atoms. The molecular formula is C12H17N5O. The van der Waals surface area contributed by atoms with E-state index in [1.807, 2.05) is 19.1 Å². The lowest BCUT2D eigenvalue weighted by Crippen LogP contribution is -2.37. The Kier molecular flexibility index (Phi) is 3.36. The van der Waals surface area contributed by atoms with Gasteiger partial charge in [0.2, 0.25) is 11.9 Å². The van der Waals surface area contributed by atoms with E-state index in [1.54, 1.807) is 13.0 Å². The van der Waals surface area contributed by atoms with Gasteiger partial charge in [0.15, 0.2) is 0 Å². The van der Waals surface area contributed by atoms with Gasteiger partial charge in [0.25, 0.3) is 0 Å². The first-order chi connectivity index (χ1) is 8.60. The van der Waals surface area contributed by atoms with Crippen molar-refractivity contribution in [3.05, 3.63) is 18.2 Å². The third kappa shape index (κ3) is 2.53. The number of aromatic nitrogens is 2. The van der Waals surface area contributed by atoms with Crippen LogP contribution in [0.2, 0.25) is 0 Å². The Hall–Kier alpha value is -2.24. The Labute approximate surface area is 105 Å². The van der Waals surface area contributed by atoms with Crippen LogP contribution in [-0.4, -0.2) is 28.5 Å². The average molecular weight is 247 g/mol. The molecule has 96 valence electrons. The molecule has 0 spiro atoms. The number of amides is 1. The highest BCUT2D eigenvalue weighted by molar-refractivity contribution is 5.85. The van der Waals surface area contributed by atoms with E-state index in [4.69, 9.17) is 5.73 Å². The smallest absolute Gasteiger partial charge is 0.242 e. The van der Waals surface area contributed by atoms with E-state index in [-0.39, 0.29) is 11.9 Å². The molecule has 0 radical (unpaired) electrons. The van der Waals surface area contributed by atoms with Gasteiger partial charge in [-0.25, -0.2) is 4.98 Å². The van der Waals surface area contributed by atoms with Crippen molar-refractivity contribution >= 4 is 28.6 Å². The van der Waals surface area contributed by atoms with E-state index >= 15 is 0 Å². The van der Waals surface area contributed by atoms with Crippen molar-refractivity contribution in [1.29, 1.82) is 0 Å². The monoisotopic (exact) mass is 247 g/mol. The van der Waals surface area contributed by atoms with Crippen molar-refractivity contribution in [3.8, 4) is 0 Å². The van der Waals surface area contributed by atoms with Crippen molar-refractivity contribution in [1.82, 2.24) is 15.3 Å². The molecule has 0 saturated carbocycles. The van der Waals surface area contributed by atoms with E-state index in [9.17, 15) is 4.79 Å². The molecule has 6 heteroatoms. The van der Waals surface area contributed by atoms with Crippen molar-refractivity contribution in [2.24, 2.45) is 0 Å². The number of aromatic amines is 1. The fraction of sp³-hybridized carbons (Fsp3) is 0.333. The number of hydrogen-bond acceptors (Lipinski definition) is 4. The third-order valence-electron chi connectivity index (χ3n) is 2.60. The number of benzene rings is 1. The first kappa shape index (κ1) is 12.2. The summed E-state index contributed by atoms with van der Waals surface area (Å²) in [6.07, 6.45) is 0. The van der Waals surface area contributed by atoms with E-state index in [0.29, 0.717) is 18.2 Å². The topological polar surface area (TPSA) is 95.8 Å². The summed E-state index contributed by atoms with van der Waals surface area (Å²) < 4.78 is 0. The molecule has 0 aliphatic carbocycles. The molecule has 1 unspecified atom stereocenters. The van der Waals surface area contributed by atoms with Gasteiger partial charge in [0.1, 0.15) is 6.04 Å². The van der Waals surface area contributed by atoms with Gasteiger partial charge in [-0.2, -0.15) is 0 Å². The van der Waals surface area contributed by atoms with E-state index in [1.165, 1.54) is 0 Å². The van der Waals surface area contributed by atoms with Crippen LogP contribution in [0.25, 0.3) is 11.0 Å². The molecule has 6 nitrogen and oxygen atoms in total. The molecule has 1 aromatic heterocycles. The lowest BCUT2D eigenvalue weighted by molar-refractivity contribution is -0.121. The summed E-state index contributed by atoms with van der Waals surface area (Å²) in [4.78, 5) is 19.0. The zero-order valence-corrected chi connectivity index (χ0v) is 10.4. The summed E-state index contributed by atoms with van der Waals surface area (Å²) in [7, 11) is 0. The van der Waals surface area contributed by atoms with Crippen LogP contribution in [0.1, 0.15) is 13.8 Å². The predicted molar refractivity (Wildman–Crippen MR) is 72.3 cm³/mol. The summed E-state index contributed by atoms with van der Waals surface area (Å²) in [5, 5.41) is 5.76. The number of imidazole rings is 1. The summed E-state index contributed by atoms with van der Waals surface area (Å²) in [6, 6.07) is 5.09. The Morgan fingerprint density at radius 3 is 3.06 bits per heavy atom. The number of likely N-dealkylation sites (N-methyl/N-ethyl adjacent to an activating group) is 1. The number of nitrogen functional groups attached to an aromatic ring is 1. The number of fused-ring (bicyclic) bond motifs is 1. The zero-order valence-electron chi connectivity index (χ0n) is 10.4. The van der Waals surface area contributed by atoms with Crippen LogP contribution in [-0.2, 0) is 4.79 Å². The molecule has 0 aliphatic rings. The van der Waals surface area contributed by atoms with E-state index < -0.39 is 0 Å². The fourth-order valence-corrected chi connectivity index (χ4v) is 1.69. The number of carbonyl (C=O) groups is 1. The van der Waals surface area contributed by atoms with Crippen LogP contribution in [0.4, 0.5) is 11.6 Å². The second kappa shape index (κ2) is 4.95. The molecule has 1 aromatic carbocycles. The second-order valence-electron chi connectivity index (χ2n) is 4.12. The first-order valence-corrected chi connectivity index (χ1v) is 5.89. The van der Waals surface area contributed by atoms with Crippen LogP contribution in [0, 0.1) is 0 Å². The van der Waals surface area contributed by atoms with Crippen LogP contribution in [0.5, 0.6) is 0 Å². The van der Waals surface area contributed by atoms with E-state index in [0.717, 1.165) is 11.0 Å². The van der Waals surface area contributed by atoms with Crippen molar-refractivity contribution in [2.45, 2.75) is 19.9 Å². The minimum Gasteiger partial charge on any atom is -0.399 e. The normalized spacial score (nSPS) is 12.3. The summed E-state index contributed by atoms with van der Waals surface area (Å²) in [5.41, 5.74) is 8.03. The summed E-state index contributed by atoms with van der Waals surface area (Å²) >= 11 is 0. The number of hydrogen-bond donors (Lipinski definition) is 4. The first-order valence-electron chi connectivity index (χ1n) is 5.89. The van der Waals surface area contributed by atoms with Crippen LogP contribution < -0.4 is 16.4 Å². The highest BCUT2D eigenvalue weighted by atomic mass is 16.2. The van der Waals surface area contributed by atoms with Gasteiger partial charge < -0.3 is 21.4 Å². The van der Waals surface area contributed by atoms with Gasteiger partial charge >= 0.3 is 0 Å². The Bertz CT molecular complexity index is 563. The number of nitrogens with two attached hydrogens (primary N) is 1. The molecule has 0 fully saturated rings. The highest BCUT2D eigenvalue weighted by Crippen LogP contribution is 2.17. The standard InChI is InChI=1S/C12H17N5O/c1-3-14-11(18)7(2)15-12-16-9-5-4-8(13)6-10(9)17-12/h4-7H,3,13H2,1-2H3,(H,14,18)(H2,15,16,17). The molecule has 1 atom stereocenters. The molecule has 2 rings (SSSR count). The molecular weight excluding hydrogens is 230 g/mol. The van der Waals surface area contributed by atoms with Gasteiger partial charge in [0.05, 0.1) is 11.0 Å². The molecule has 1 amide bonds. The largest absolute Gasteiger partial charge is 0.399 e. The Balaban J connectivity index is 2.14. The lowest BCUT2D eigenvalue weighted by atomic mass is 10.3. The molecule has 5 N–H and O–H groups in total. The van der Waals surface area contributed by atoms with Crippen molar-refractivity contribution < 1.29 is 4.79 Å². The van der Waals surface area contributed by atoms with Crippen molar-refractivity contribution in [3.63, 3.8) is 0 Å². The van der Waals surface area contributed by atoms with Crippen LogP contribution in [0.15, 0.2) is 18.2 Å². The maximum Gasteiger partial charge on any atom is 0.242 e. The van der Waals surface area contributed by atoms with Gasteiger partial charge in [-0.3, -0.25) is 4.79 Å². The molecule has 0 aliphatic heterocycles. The van der Waals surface area contributed by atoms with E-state index in [2.05, 4.69) is 20.6 Å². The molecule has 0 bridgehead atoms. The second-order valence-corrected chi connectivity index (χ2v) is 4.12. The maximum absolute atomic E-state index is 11.6. The molecule has 1 heterocycles. The number of anilines is 2. The molecule has 2 aromatic rings. The molecule has 0 saturated heterocycles. The third-order valence-corrected chi connectivity index (χ3v) is 2.60. The number of H-pyrrole nitrogens is 1. The zero-order chi connectivity index (χ0) is 13.1. The number of carbonyl (C=O) groups excluding carboxylic acids is 1. The Morgan fingerprint density at radius 2 is 2.33 bits per heavy atom. The fourth-order valence-electron chi connectivity index (χ4n) is 1.69. The number of rotatable bonds is 4.